The molecule has 1 amide bonds. The van der Waals surface area contributed by atoms with E-state index in [1.165, 1.54) is 0 Å². The minimum Gasteiger partial charge on any atom is -0.497 e. The van der Waals surface area contributed by atoms with Crippen molar-refractivity contribution in [2.24, 2.45) is 5.41 Å². The summed E-state index contributed by atoms with van der Waals surface area (Å²) in [6.45, 7) is 5.08. The number of methoxy groups -OCH3 is 2. The molecule has 0 aliphatic carbocycles. The summed E-state index contributed by atoms with van der Waals surface area (Å²) in [5.74, 6) is 0.724. The number of nitrogens with zero attached hydrogens (tertiary/aromatic N) is 1. The Morgan fingerprint density at radius 2 is 1.74 bits per heavy atom. The second-order valence-electron chi connectivity index (χ2n) is 8.04. The summed E-state index contributed by atoms with van der Waals surface area (Å²) < 4.78 is 16.1. The lowest BCUT2D eigenvalue weighted by molar-refractivity contribution is -0.158. The first-order chi connectivity index (χ1) is 14.9. The Kier molecular flexibility index (Phi) is 7.21. The highest BCUT2D eigenvalue weighted by atomic mass is 16.5. The van der Waals surface area contributed by atoms with Gasteiger partial charge in [0.1, 0.15) is 11.5 Å². The van der Waals surface area contributed by atoms with Crippen LogP contribution in [0.5, 0.6) is 11.5 Å². The van der Waals surface area contributed by atoms with Crippen molar-refractivity contribution in [2.75, 3.05) is 33.9 Å². The first-order valence-electron chi connectivity index (χ1n) is 10.7. The Balaban J connectivity index is 1.92. The molecule has 2 aromatic rings. The van der Waals surface area contributed by atoms with Gasteiger partial charge in [0.2, 0.25) is 0 Å². The van der Waals surface area contributed by atoms with Crippen LogP contribution in [0.4, 0.5) is 0 Å². The van der Waals surface area contributed by atoms with E-state index in [0.29, 0.717) is 49.6 Å². The lowest BCUT2D eigenvalue weighted by atomic mass is 9.74. The number of hydrogen-bond acceptors (Lipinski definition) is 5. The monoisotopic (exact) mass is 425 g/mol. The zero-order valence-electron chi connectivity index (χ0n) is 18.8. The highest BCUT2D eigenvalue weighted by molar-refractivity contribution is 5.95. The third kappa shape index (κ3) is 5.01. The van der Waals surface area contributed by atoms with Crippen molar-refractivity contribution in [1.82, 2.24) is 4.90 Å². The minimum atomic E-state index is -0.765. The molecule has 1 aliphatic rings. The summed E-state index contributed by atoms with van der Waals surface area (Å²) in [5.41, 5.74) is 1.95. The molecular formula is C25H31NO5. The lowest BCUT2D eigenvalue weighted by Crippen LogP contribution is -2.51. The molecule has 1 unspecified atom stereocenters. The topological polar surface area (TPSA) is 65.1 Å². The number of carbonyl (C=O) groups excluding carboxylic acids is 2. The summed E-state index contributed by atoms with van der Waals surface area (Å²) in [6.07, 6.45) is 1.96. The molecule has 1 aliphatic heterocycles. The molecule has 1 saturated heterocycles. The number of rotatable bonds is 7. The van der Waals surface area contributed by atoms with Crippen LogP contribution in [0, 0.1) is 12.3 Å². The molecule has 0 aromatic heterocycles. The maximum Gasteiger partial charge on any atom is 0.314 e. The average Bonchev–Trinajstić information content (AvgIpc) is 2.80. The van der Waals surface area contributed by atoms with E-state index in [0.717, 1.165) is 17.5 Å². The van der Waals surface area contributed by atoms with Crippen LogP contribution in [0.1, 0.15) is 41.3 Å². The van der Waals surface area contributed by atoms with E-state index < -0.39 is 5.41 Å². The van der Waals surface area contributed by atoms with Gasteiger partial charge < -0.3 is 19.1 Å². The SMILES string of the molecule is CCOC(=O)C1(Cc2ccccc2C)CCCN(C(=O)c2cc(OC)cc(OC)c2)C1. The molecule has 1 heterocycles. The van der Waals surface area contributed by atoms with E-state index in [9.17, 15) is 9.59 Å². The Morgan fingerprint density at radius 1 is 1.06 bits per heavy atom. The van der Waals surface area contributed by atoms with E-state index in [-0.39, 0.29) is 11.9 Å². The molecular weight excluding hydrogens is 394 g/mol. The van der Waals surface area contributed by atoms with E-state index >= 15 is 0 Å². The average molecular weight is 426 g/mol. The van der Waals surface area contributed by atoms with E-state index in [2.05, 4.69) is 0 Å². The summed E-state index contributed by atoms with van der Waals surface area (Å²) >= 11 is 0. The van der Waals surface area contributed by atoms with Gasteiger partial charge in [0, 0.05) is 24.7 Å². The molecule has 0 saturated carbocycles. The molecule has 166 valence electrons. The molecule has 6 heteroatoms. The van der Waals surface area contributed by atoms with Gasteiger partial charge >= 0.3 is 5.97 Å². The Labute approximate surface area is 184 Å². The summed E-state index contributed by atoms with van der Waals surface area (Å²) in [5, 5.41) is 0. The zero-order chi connectivity index (χ0) is 22.4. The number of amides is 1. The lowest BCUT2D eigenvalue weighted by Gasteiger charge is -2.41. The van der Waals surface area contributed by atoms with E-state index in [4.69, 9.17) is 14.2 Å². The molecule has 0 spiro atoms. The zero-order valence-corrected chi connectivity index (χ0v) is 18.8. The van der Waals surface area contributed by atoms with Crippen molar-refractivity contribution in [3.63, 3.8) is 0 Å². The van der Waals surface area contributed by atoms with E-state index in [1.807, 2.05) is 38.1 Å². The highest BCUT2D eigenvalue weighted by Gasteiger charge is 2.45. The molecule has 1 atom stereocenters. The van der Waals surface area contributed by atoms with Gasteiger partial charge in [-0.1, -0.05) is 24.3 Å². The third-order valence-electron chi connectivity index (χ3n) is 5.96. The van der Waals surface area contributed by atoms with Crippen molar-refractivity contribution in [2.45, 2.75) is 33.1 Å². The quantitative estimate of drug-likeness (QED) is 0.627. The van der Waals surface area contributed by atoms with Gasteiger partial charge in [-0.3, -0.25) is 9.59 Å². The Morgan fingerprint density at radius 3 is 2.35 bits per heavy atom. The van der Waals surface area contributed by atoms with Crippen LogP contribution in [0.15, 0.2) is 42.5 Å². The largest absolute Gasteiger partial charge is 0.497 e. The second kappa shape index (κ2) is 9.86. The number of aryl methyl sites for hydroxylation is 1. The molecule has 2 aromatic carbocycles. The maximum atomic E-state index is 13.4. The van der Waals surface area contributed by atoms with Crippen molar-refractivity contribution in [3.8, 4) is 11.5 Å². The van der Waals surface area contributed by atoms with Crippen LogP contribution in [-0.4, -0.2) is 50.7 Å². The molecule has 31 heavy (non-hydrogen) atoms. The standard InChI is InChI=1S/C25H31NO5/c1-5-31-24(28)25(16-19-10-7-6-9-18(19)2)11-8-12-26(17-25)23(27)20-13-21(29-3)15-22(14-20)30-4/h6-7,9-10,13-15H,5,8,11-12,16-17H2,1-4H3. The predicted molar refractivity (Wildman–Crippen MR) is 119 cm³/mol. The van der Waals surface area contributed by atoms with E-state index in [1.54, 1.807) is 37.3 Å². The van der Waals surface area contributed by atoms with Gasteiger partial charge in [-0.25, -0.2) is 0 Å². The molecule has 0 bridgehead atoms. The normalized spacial score (nSPS) is 18.4. The fourth-order valence-corrected chi connectivity index (χ4v) is 4.26. The molecule has 3 rings (SSSR count). The fourth-order valence-electron chi connectivity index (χ4n) is 4.26. The Bertz CT molecular complexity index is 919. The van der Waals surface area contributed by atoms with Crippen LogP contribution in [0.3, 0.4) is 0 Å². The number of likely N-dealkylation sites (tertiary alicyclic amines) is 1. The number of carbonyl (C=O) groups is 2. The first-order valence-corrected chi connectivity index (χ1v) is 10.7. The molecule has 1 fully saturated rings. The summed E-state index contributed by atoms with van der Waals surface area (Å²) in [6, 6.07) is 13.2. The van der Waals surface area contributed by atoms with Crippen LogP contribution >= 0.6 is 0 Å². The van der Waals surface area contributed by atoms with Crippen molar-refractivity contribution in [1.29, 1.82) is 0 Å². The number of esters is 1. The van der Waals surface area contributed by atoms with Gasteiger partial charge in [0.15, 0.2) is 0 Å². The van der Waals surface area contributed by atoms with Gasteiger partial charge in [0.25, 0.3) is 5.91 Å². The van der Waals surface area contributed by atoms with Crippen LogP contribution < -0.4 is 9.47 Å². The van der Waals surface area contributed by atoms with Gasteiger partial charge in [0.05, 0.1) is 26.2 Å². The number of hydrogen-bond donors (Lipinski definition) is 0. The summed E-state index contributed by atoms with van der Waals surface area (Å²) in [4.78, 5) is 28.3. The minimum absolute atomic E-state index is 0.143. The highest BCUT2D eigenvalue weighted by Crippen LogP contribution is 2.37. The second-order valence-corrected chi connectivity index (χ2v) is 8.04. The van der Waals surface area contributed by atoms with Crippen molar-refractivity contribution < 1.29 is 23.8 Å². The van der Waals surface area contributed by atoms with Crippen LogP contribution in [0.2, 0.25) is 0 Å². The van der Waals surface area contributed by atoms with Crippen molar-refractivity contribution >= 4 is 11.9 Å². The summed E-state index contributed by atoms with van der Waals surface area (Å²) in [7, 11) is 3.11. The number of piperidine rings is 1. The van der Waals surface area contributed by atoms with Gasteiger partial charge in [-0.2, -0.15) is 0 Å². The predicted octanol–water partition coefficient (Wildman–Crippen LogP) is 4.04. The van der Waals surface area contributed by atoms with Crippen LogP contribution in [0.25, 0.3) is 0 Å². The van der Waals surface area contributed by atoms with Gasteiger partial charge in [-0.05, 0) is 56.4 Å². The molecule has 6 nitrogen and oxygen atoms in total. The third-order valence-corrected chi connectivity index (χ3v) is 5.96. The maximum absolute atomic E-state index is 13.4. The molecule has 0 N–H and O–H groups in total. The molecule has 0 radical (unpaired) electrons. The van der Waals surface area contributed by atoms with Gasteiger partial charge in [-0.15, -0.1) is 0 Å². The number of ether oxygens (including phenoxy) is 3. The number of benzene rings is 2. The Hall–Kier alpha value is -3.02. The fraction of sp³-hybridized carbons (Fsp3) is 0.440. The smallest absolute Gasteiger partial charge is 0.314 e. The van der Waals surface area contributed by atoms with Crippen molar-refractivity contribution in [3.05, 3.63) is 59.2 Å². The van der Waals surface area contributed by atoms with Crippen LogP contribution in [-0.2, 0) is 16.0 Å². The first kappa shape index (κ1) is 22.7.